The van der Waals surface area contributed by atoms with Crippen molar-refractivity contribution in [3.8, 4) is 23.1 Å². The highest BCUT2D eigenvalue weighted by Gasteiger charge is 2.14. The largest absolute Gasteiger partial charge is 0.493 e. The van der Waals surface area contributed by atoms with Crippen molar-refractivity contribution in [3.63, 3.8) is 0 Å². The smallest absolute Gasteiger partial charge is 0.303 e. The van der Waals surface area contributed by atoms with Crippen LogP contribution in [0.15, 0.2) is 60.8 Å². The molecule has 7 heteroatoms. The third-order valence-corrected chi connectivity index (χ3v) is 5.24. The van der Waals surface area contributed by atoms with Gasteiger partial charge < -0.3 is 19.3 Å². The molecule has 3 rings (SSSR count). The van der Waals surface area contributed by atoms with E-state index in [1.54, 1.807) is 6.07 Å². The number of carboxylic acids is 1. The maximum atomic E-state index is 10.8. The Morgan fingerprint density at radius 2 is 1.88 bits per heavy atom. The van der Waals surface area contributed by atoms with Crippen molar-refractivity contribution in [2.24, 2.45) is 0 Å². The first kappa shape index (κ1) is 24.4. The summed E-state index contributed by atoms with van der Waals surface area (Å²) in [4.78, 5) is 15.1. The van der Waals surface area contributed by atoms with Gasteiger partial charge in [0.05, 0.1) is 11.6 Å². The van der Waals surface area contributed by atoms with Crippen molar-refractivity contribution in [1.29, 1.82) is 0 Å². The lowest BCUT2D eigenvalue weighted by molar-refractivity contribution is -0.136. The number of rotatable bonds is 12. The fourth-order valence-electron chi connectivity index (χ4n) is 3.28. The van der Waals surface area contributed by atoms with Crippen LogP contribution >= 0.6 is 11.6 Å². The predicted octanol–water partition coefficient (Wildman–Crippen LogP) is 6.34. The van der Waals surface area contributed by atoms with Crippen LogP contribution in [0.4, 0.5) is 0 Å². The topological polar surface area (TPSA) is 77.9 Å². The van der Waals surface area contributed by atoms with Gasteiger partial charge in [-0.05, 0) is 55.2 Å². The van der Waals surface area contributed by atoms with Gasteiger partial charge in [0.1, 0.15) is 17.6 Å². The number of nitrogens with zero attached hydrogens (tertiary/aromatic N) is 1. The molecule has 0 radical (unpaired) electrons. The average molecular weight is 470 g/mol. The third kappa shape index (κ3) is 7.68. The van der Waals surface area contributed by atoms with Gasteiger partial charge in [-0.2, -0.15) is 0 Å². The zero-order valence-electron chi connectivity index (χ0n) is 18.8. The Kier molecular flexibility index (Phi) is 8.95. The average Bonchev–Trinajstić information content (AvgIpc) is 2.80. The molecule has 0 aliphatic heterocycles. The van der Waals surface area contributed by atoms with E-state index in [1.807, 2.05) is 62.4 Å². The zero-order valence-corrected chi connectivity index (χ0v) is 19.5. The molecule has 0 fully saturated rings. The Balaban J connectivity index is 1.55. The van der Waals surface area contributed by atoms with Crippen LogP contribution < -0.4 is 14.2 Å². The molecule has 0 unspecified atom stereocenters. The maximum Gasteiger partial charge on any atom is 0.303 e. The first-order valence-electron chi connectivity index (χ1n) is 11.0. The summed E-state index contributed by atoms with van der Waals surface area (Å²) in [5.41, 5.74) is 2.15. The summed E-state index contributed by atoms with van der Waals surface area (Å²) < 4.78 is 17.8. The van der Waals surface area contributed by atoms with Crippen LogP contribution in [-0.2, 0) is 17.6 Å². The Labute approximate surface area is 199 Å². The van der Waals surface area contributed by atoms with E-state index in [1.165, 1.54) is 6.20 Å². The van der Waals surface area contributed by atoms with Crippen LogP contribution in [0.1, 0.15) is 37.8 Å². The second kappa shape index (κ2) is 12.1. The lowest BCUT2D eigenvalue weighted by atomic mass is 10.0. The predicted molar refractivity (Wildman–Crippen MR) is 128 cm³/mol. The van der Waals surface area contributed by atoms with Crippen molar-refractivity contribution in [1.82, 2.24) is 4.98 Å². The molecule has 0 aliphatic rings. The molecule has 1 heterocycles. The minimum atomic E-state index is -0.793. The molecule has 0 bridgehead atoms. The molecule has 174 valence electrons. The molecule has 6 nitrogen and oxygen atoms in total. The number of carbonyl (C=O) groups is 1. The number of hydrogen-bond acceptors (Lipinski definition) is 5. The van der Waals surface area contributed by atoms with Crippen LogP contribution in [0.25, 0.3) is 0 Å². The van der Waals surface area contributed by atoms with Crippen LogP contribution in [0.2, 0.25) is 5.02 Å². The lowest BCUT2D eigenvalue weighted by Gasteiger charge is -2.17. The fourth-order valence-corrected chi connectivity index (χ4v) is 3.43. The molecule has 1 aromatic heterocycles. The number of aromatic nitrogens is 1. The number of carboxylic acid groups (broad SMARTS) is 1. The highest BCUT2D eigenvalue weighted by Crippen LogP contribution is 2.32. The standard InChI is InChI=1S/C26H28ClNO5/c1-3-19-15-23(11-9-20(19)10-12-25(29)30)31-14-13-18(2)32-26-24(16-21(27)17-28-26)33-22-7-5-4-6-8-22/h4-9,11,15-18H,3,10,12-14H2,1-2H3,(H,29,30)/t18-/m1/s1. The first-order chi connectivity index (χ1) is 15.9. The van der Waals surface area contributed by atoms with Gasteiger partial charge in [0.2, 0.25) is 0 Å². The highest BCUT2D eigenvalue weighted by atomic mass is 35.5. The van der Waals surface area contributed by atoms with Crippen molar-refractivity contribution >= 4 is 17.6 Å². The highest BCUT2D eigenvalue weighted by molar-refractivity contribution is 6.30. The number of para-hydroxylation sites is 1. The Bertz CT molecular complexity index is 1060. The molecule has 33 heavy (non-hydrogen) atoms. The minimum absolute atomic E-state index is 0.122. The Hall–Kier alpha value is -3.25. The quantitative estimate of drug-likeness (QED) is 0.333. The summed E-state index contributed by atoms with van der Waals surface area (Å²) >= 11 is 6.09. The summed E-state index contributed by atoms with van der Waals surface area (Å²) in [5.74, 6) is 1.45. The SMILES string of the molecule is CCc1cc(OCC[C@@H](C)Oc2ncc(Cl)cc2Oc2ccccc2)ccc1CCC(=O)O. The lowest BCUT2D eigenvalue weighted by Crippen LogP contribution is -2.17. The molecule has 0 amide bonds. The molecular formula is C26H28ClNO5. The van der Waals surface area contributed by atoms with Crippen molar-refractivity contribution < 1.29 is 24.1 Å². The van der Waals surface area contributed by atoms with Crippen LogP contribution in [0.3, 0.4) is 0 Å². The van der Waals surface area contributed by atoms with E-state index in [9.17, 15) is 4.79 Å². The van der Waals surface area contributed by atoms with E-state index in [4.69, 9.17) is 30.9 Å². The zero-order chi connectivity index (χ0) is 23.6. The van der Waals surface area contributed by atoms with Gasteiger partial charge in [-0.15, -0.1) is 0 Å². The van der Waals surface area contributed by atoms with Crippen molar-refractivity contribution in [2.45, 2.75) is 45.6 Å². The maximum absolute atomic E-state index is 10.8. The van der Waals surface area contributed by atoms with E-state index < -0.39 is 5.97 Å². The first-order valence-corrected chi connectivity index (χ1v) is 11.3. The minimum Gasteiger partial charge on any atom is -0.493 e. The molecule has 1 N–H and O–H groups in total. The second-order valence-corrected chi connectivity index (χ2v) is 8.05. The van der Waals surface area contributed by atoms with Crippen LogP contribution in [0.5, 0.6) is 23.1 Å². The van der Waals surface area contributed by atoms with Crippen LogP contribution in [-0.4, -0.2) is 28.8 Å². The number of hydrogen-bond donors (Lipinski definition) is 1. The van der Waals surface area contributed by atoms with Gasteiger partial charge >= 0.3 is 5.97 Å². The van der Waals surface area contributed by atoms with Gasteiger partial charge in [-0.3, -0.25) is 4.79 Å². The van der Waals surface area contributed by atoms with Crippen molar-refractivity contribution in [2.75, 3.05) is 6.61 Å². The summed E-state index contributed by atoms with van der Waals surface area (Å²) in [6.45, 7) is 4.45. The summed E-state index contributed by atoms with van der Waals surface area (Å²) in [7, 11) is 0. The Morgan fingerprint density at radius 1 is 1.09 bits per heavy atom. The van der Waals surface area contributed by atoms with E-state index in [0.717, 1.165) is 23.3 Å². The fraction of sp³-hybridized carbons (Fsp3) is 0.308. The third-order valence-electron chi connectivity index (χ3n) is 5.03. The Morgan fingerprint density at radius 3 is 2.61 bits per heavy atom. The summed E-state index contributed by atoms with van der Waals surface area (Å²) in [5, 5.41) is 9.38. The number of pyridine rings is 1. The number of halogens is 1. The molecule has 3 aromatic rings. The number of aryl methyl sites for hydroxylation is 2. The molecule has 0 saturated heterocycles. The number of aliphatic carboxylic acids is 1. The molecule has 2 aromatic carbocycles. The van der Waals surface area contributed by atoms with Gasteiger partial charge in [-0.25, -0.2) is 4.98 Å². The summed E-state index contributed by atoms with van der Waals surface area (Å²) in [6.07, 6.45) is 3.45. The van der Waals surface area contributed by atoms with E-state index in [0.29, 0.717) is 41.9 Å². The van der Waals surface area contributed by atoms with E-state index in [2.05, 4.69) is 4.98 Å². The molecule has 0 spiro atoms. The van der Waals surface area contributed by atoms with E-state index in [-0.39, 0.29) is 12.5 Å². The molecular weight excluding hydrogens is 442 g/mol. The van der Waals surface area contributed by atoms with Gasteiger partial charge in [-0.1, -0.05) is 42.8 Å². The molecule has 1 atom stereocenters. The number of ether oxygens (including phenoxy) is 3. The molecule has 0 aliphatic carbocycles. The van der Waals surface area contributed by atoms with Crippen LogP contribution in [0, 0.1) is 0 Å². The monoisotopic (exact) mass is 469 g/mol. The summed E-state index contributed by atoms with van der Waals surface area (Å²) in [6, 6.07) is 16.9. The van der Waals surface area contributed by atoms with Gasteiger partial charge in [0, 0.05) is 25.1 Å². The number of benzene rings is 2. The van der Waals surface area contributed by atoms with Gasteiger partial charge in [0.25, 0.3) is 5.88 Å². The van der Waals surface area contributed by atoms with Crippen molar-refractivity contribution in [3.05, 3.63) is 76.9 Å². The normalized spacial score (nSPS) is 11.6. The van der Waals surface area contributed by atoms with E-state index >= 15 is 0 Å². The second-order valence-electron chi connectivity index (χ2n) is 7.62. The van der Waals surface area contributed by atoms with Gasteiger partial charge in [0.15, 0.2) is 5.75 Å². The molecule has 0 saturated carbocycles.